The first-order valence-corrected chi connectivity index (χ1v) is 5.24. The van der Waals surface area contributed by atoms with E-state index in [-0.39, 0.29) is 5.63 Å². The summed E-state index contributed by atoms with van der Waals surface area (Å²) >= 11 is 0. The van der Waals surface area contributed by atoms with Crippen LogP contribution in [-0.4, -0.2) is 14.2 Å². The summed E-state index contributed by atoms with van der Waals surface area (Å²) in [6, 6.07) is 3.59. The highest BCUT2D eigenvalue weighted by Gasteiger charge is 2.13. The van der Waals surface area contributed by atoms with Crippen LogP contribution in [0.25, 0.3) is 11.0 Å². The predicted octanol–water partition coefficient (Wildman–Crippen LogP) is 2.43. The SMILES string of the molecule is COc1cc2c(OC)c(C)c(=O)oc2cc1C. The van der Waals surface area contributed by atoms with E-state index in [1.54, 1.807) is 20.1 Å². The first-order chi connectivity index (χ1) is 8.08. The van der Waals surface area contributed by atoms with Gasteiger partial charge in [0, 0.05) is 0 Å². The molecule has 0 N–H and O–H groups in total. The maximum absolute atomic E-state index is 11.6. The van der Waals surface area contributed by atoms with Gasteiger partial charge in [-0.05, 0) is 31.5 Å². The fourth-order valence-corrected chi connectivity index (χ4v) is 1.88. The average Bonchev–Trinajstić information content (AvgIpc) is 2.31. The van der Waals surface area contributed by atoms with E-state index in [4.69, 9.17) is 13.9 Å². The van der Waals surface area contributed by atoms with E-state index in [1.165, 1.54) is 7.11 Å². The first-order valence-electron chi connectivity index (χ1n) is 5.24. The van der Waals surface area contributed by atoms with Gasteiger partial charge in [-0.3, -0.25) is 0 Å². The predicted molar refractivity (Wildman–Crippen MR) is 65.1 cm³/mol. The standard InChI is InChI=1S/C13H14O4/c1-7-5-11-9(6-10(7)15-3)12(16-4)8(2)13(14)17-11/h5-6H,1-4H3. The minimum absolute atomic E-state index is 0.376. The van der Waals surface area contributed by atoms with Gasteiger partial charge in [0.15, 0.2) is 0 Å². The van der Waals surface area contributed by atoms with Crippen LogP contribution in [0.3, 0.4) is 0 Å². The van der Waals surface area contributed by atoms with Crippen molar-refractivity contribution in [3.63, 3.8) is 0 Å². The monoisotopic (exact) mass is 234 g/mol. The van der Waals surface area contributed by atoms with Crippen LogP contribution in [0.2, 0.25) is 0 Å². The van der Waals surface area contributed by atoms with Gasteiger partial charge in [0.1, 0.15) is 17.1 Å². The van der Waals surface area contributed by atoms with E-state index in [0.717, 1.165) is 16.7 Å². The quantitative estimate of drug-likeness (QED) is 0.749. The van der Waals surface area contributed by atoms with Crippen molar-refractivity contribution in [2.24, 2.45) is 0 Å². The molecule has 2 aromatic rings. The molecule has 17 heavy (non-hydrogen) atoms. The van der Waals surface area contributed by atoms with Gasteiger partial charge >= 0.3 is 5.63 Å². The Kier molecular flexibility index (Phi) is 2.79. The summed E-state index contributed by atoms with van der Waals surface area (Å²) in [5.74, 6) is 1.28. The van der Waals surface area contributed by atoms with Crippen LogP contribution in [0.5, 0.6) is 11.5 Å². The Morgan fingerprint density at radius 2 is 1.82 bits per heavy atom. The van der Waals surface area contributed by atoms with Gasteiger partial charge in [0.25, 0.3) is 0 Å². The number of aryl methyl sites for hydroxylation is 1. The van der Waals surface area contributed by atoms with Gasteiger partial charge in [0.05, 0.1) is 25.2 Å². The average molecular weight is 234 g/mol. The number of ether oxygens (including phenoxy) is 2. The van der Waals surface area contributed by atoms with Crippen LogP contribution >= 0.6 is 0 Å². The minimum atomic E-state index is -0.376. The third-order valence-electron chi connectivity index (χ3n) is 2.80. The molecule has 0 spiro atoms. The zero-order valence-electron chi connectivity index (χ0n) is 10.3. The smallest absolute Gasteiger partial charge is 0.342 e. The topological polar surface area (TPSA) is 48.7 Å². The highest BCUT2D eigenvalue weighted by molar-refractivity contribution is 5.86. The Labute approximate surface area is 98.8 Å². The second-order valence-electron chi connectivity index (χ2n) is 3.87. The minimum Gasteiger partial charge on any atom is -0.496 e. The maximum atomic E-state index is 11.6. The van der Waals surface area contributed by atoms with Gasteiger partial charge in [0.2, 0.25) is 0 Å². The summed E-state index contributed by atoms with van der Waals surface area (Å²) in [4.78, 5) is 11.6. The van der Waals surface area contributed by atoms with Gasteiger partial charge in [-0.2, -0.15) is 0 Å². The second kappa shape index (κ2) is 4.13. The number of hydrogen-bond donors (Lipinski definition) is 0. The molecule has 2 rings (SSSR count). The Hall–Kier alpha value is -1.97. The van der Waals surface area contributed by atoms with Crippen molar-refractivity contribution < 1.29 is 13.9 Å². The fraction of sp³-hybridized carbons (Fsp3) is 0.308. The third kappa shape index (κ3) is 1.75. The molecule has 90 valence electrons. The molecular formula is C13H14O4. The molecule has 0 aliphatic carbocycles. The van der Waals surface area contributed by atoms with E-state index in [0.29, 0.717) is 16.9 Å². The molecule has 4 nitrogen and oxygen atoms in total. The summed E-state index contributed by atoms with van der Waals surface area (Å²) in [6.45, 7) is 3.57. The van der Waals surface area contributed by atoms with Gasteiger partial charge < -0.3 is 13.9 Å². The molecule has 0 radical (unpaired) electrons. The number of rotatable bonds is 2. The fourth-order valence-electron chi connectivity index (χ4n) is 1.88. The largest absolute Gasteiger partial charge is 0.496 e. The molecule has 0 saturated carbocycles. The van der Waals surface area contributed by atoms with Crippen LogP contribution in [0, 0.1) is 13.8 Å². The Morgan fingerprint density at radius 1 is 1.12 bits per heavy atom. The molecule has 0 fully saturated rings. The molecule has 1 aromatic carbocycles. The molecule has 0 amide bonds. The van der Waals surface area contributed by atoms with Crippen molar-refractivity contribution in [3.8, 4) is 11.5 Å². The molecule has 0 bridgehead atoms. The summed E-state index contributed by atoms with van der Waals surface area (Å²) in [5.41, 5.74) is 1.51. The zero-order chi connectivity index (χ0) is 12.6. The van der Waals surface area contributed by atoms with Crippen LogP contribution in [0.4, 0.5) is 0 Å². The Bertz CT molecular complexity index is 625. The van der Waals surface area contributed by atoms with Crippen molar-refractivity contribution in [2.75, 3.05) is 14.2 Å². The lowest BCUT2D eigenvalue weighted by molar-refractivity contribution is 0.403. The van der Waals surface area contributed by atoms with E-state index < -0.39 is 0 Å². The van der Waals surface area contributed by atoms with Crippen molar-refractivity contribution in [3.05, 3.63) is 33.7 Å². The molecule has 0 aliphatic heterocycles. The van der Waals surface area contributed by atoms with Crippen LogP contribution < -0.4 is 15.1 Å². The van der Waals surface area contributed by atoms with Gasteiger partial charge in [-0.1, -0.05) is 0 Å². The van der Waals surface area contributed by atoms with Crippen molar-refractivity contribution in [1.82, 2.24) is 0 Å². The Balaban J connectivity index is 2.92. The molecule has 1 heterocycles. The highest BCUT2D eigenvalue weighted by atomic mass is 16.5. The summed E-state index contributed by atoms with van der Waals surface area (Å²) in [7, 11) is 3.14. The normalized spacial score (nSPS) is 10.6. The molecule has 1 aromatic heterocycles. The van der Waals surface area contributed by atoms with Gasteiger partial charge in [-0.15, -0.1) is 0 Å². The number of hydrogen-bond acceptors (Lipinski definition) is 4. The van der Waals surface area contributed by atoms with Crippen molar-refractivity contribution in [1.29, 1.82) is 0 Å². The van der Waals surface area contributed by atoms with Crippen LogP contribution in [0.15, 0.2) is 21.3 Å². The van der Waals surface area contributed by atoms with E-state index in [2.05, 4.69) is 0 Å². The van der Waals surface area contributed by atoms with Crippen LogP contribution in [0.1, 0.15) is 11.1 Å². The lowest BCUT2D eigenvalue weighted by atomic mass is 10.1. The van der Waals surface area contributed by atoms with Crippen molar-refractivity contribution >= 4 is 11.0 Å². The second-order valence-corrected chi connectivity index (χ2v) is 3.87. The lowest BCUT2D eigenvalue weighted by Crippen LogP contribution is -2.06. The summed E-state index contributed by atoms with van der Waals surface area (Å²) in [6.07, 6.45) is 0. The van der Waals surface area contributed by atoms with Crippen molar-refractivity contribution in [2.45, 2.75) is 13.8 Å². The van der Waals surface area contributed by atoms with Crippen LogP contribution in [-0.2, 0) is 0 Å². The highest BCUT2D eigenvalue weighted by Crippen LogP contribution is 2.32. The molecule has 0 unspecified atom stereocenters. The third-order valence-corrected chi connectivity index (χ3v) is 2.80. The first kappa shape index (κ1) is 11.5. The number of methoxy groups -OCH3 is 2. The maximum Gasteiger partial charge on any atom is 0.342 e. The summed E-state index contributed by atoms with van der Waals surface area (Å²) < 4.78 is 15.7. The molecule has 4 heteroatoms. The molecule has 0 atom stereocenters. The molecule has 0 aliphatic rings. The van der Waals surface area contributed by atoms with E-state index >= 15 is 0 Å². The molecular weight excluding hydrogens is 220 g/mol. The number of benzene rings is 1. The summed E-state index contributed by atoms with van der Waals surface area (Å²) in [5, 5.41) is 0.743. The Morgan fingerprint density at radius 3 is 2.41 bits per heavy atom. The number of fused-ring (bicyclic) bond motifs is 1. The lowest BCUT2D eigenvalue weighted by Gasteiger charge is -2.10. The zero-order valence-corrected chi connectivity index (χ0v) is 10.3. The van der Waals surface area contributed by atoms with Gasteiger partial charge in [-0.25, -0.2) is 4.79 Å². The van der Waals surface area contributed by atoms with E-state index in [1.807, 2.05) is 13.0 Å². The van der Waals surface area contributed by atoms with E-state index in [9.17, 15) is 4.79 Å². The molecule has 0 saturated heterocycles.